The number of carbonyl (C=O) groups excluding carboxylic acids is 3. The van der Waals surface area contributed by atoms with Crippen molar-refractivity contribution >= 4 is 35.3 Å². The van der Waals surface area contributed by atoms with E-state index in [-0.39, 0.29) is 5.57 Å². The zero-order valence-electron chi connectivity index (χ0n) is 17.8. The molecule has 2 aromatic carbocycles. The second kappa shape index (κ2) is 7.98. The lowest BCUT2D eigenvalue weighted by molar-refractivity contribution is -0.122. The summed E-state index contributed by atoms with van der Waals surface area (Å²) in [5, 5.41) is 2.21. The highest BCUT2D eigenvalue weighted by atomic mass is 19.1. The summed E-state index contributed by atoms with van der Waals surface area (Å²) in [5.74, 6) is -1.93. The van der Waals surface area contributed by atoms with Gasteiger partial charge in [0.15, 0.2) is 0 Å². The largest absolute Gasteiger partial charge is 0.369 e. The molecular weight excluding hydrogens is 397 g/mol. The van der Waals surface area contributed by atoms with Crippen molar-refractivity contribution in [2.75, 3.05) is 22.9 Å². The lowest BCUT2D eigenvalue weighted by Gasteiger charge is -2.27. The van der Waals surface area contributed by atoms with E-state index in [1.54, 1.807) is 18.2 Å². The van der Waals surface area contributed by atoms with Crippen LogP contribution < -0.4 is 15.1 Å². The maximum absolute atomic E-state index is 14.8. The van der Waals surface area contributed by atoms with Crippen LogP contribution in [-0.2, 0) is 9.59 Å². The Balaban J connectivity index is 1.71. The normalized spacial score (nSPS) is 18.2. The van der Waals surface area contributed by atoms with Crippen LogP contribution in [0.15, 0.2) is 35.9 Å². The van der Waals surface area contributed by atoms with E-state index in [9.17, 15) is 18.8 Å². The van der Waals surface area contributed by atoms with E-state index < -0.39 is 23.7 Å². The predicted molar refractivity (Wildman–Crippen MR) is 118 cm³/mol. The van der Waals surface area contributed by atoms with Crippen molar-refractivity contribution in [2.24, 2.45) is 0 Å². The Morgan fingerprint density at radius 1 is 0.935 bits per heavy atom. The summed E-state index contributed by atoms with van der Waals surface area (Å²) in [6.45, 7) is 7.23. The predicted octanol–water partition coefficient (Wildman–Crippen LogP) is 4.02. The number of benzene rings is 2. The van der Waals surface area contributed by atoms with E-state index in [2.05, 4.69) is 5.32 Å². The van der Waals surface area contributed by atoms with Gasteiger partial charge in [0.2, 0.25) is 0 Å². The van der Waals surface area contributed by atoms with Crippen LogP contribution >= 0.6 is 0 Å². The van der Waals surface area contributed by atoms with Gasteiger partial charge in [0, 0.05) is 13.1 Å². The number of anilines is 2. The lowest BCUT2D eigenvalue weighted by Crippen LogP contribution is -2.54. The number of carbonyl (C=O) groups is 3. The van der Waals surface area contributed by atoms with Crippen molar-refractivity contribution < 1.29 is 18.8 Å². The summed E-state index contributed by atoms with van der Waals surface area (Å²) in [5.41, 5.74) is 3.79. The summed E-state index contributed by atoms with van der Waals surface area (Å²) >= 11 is 0. The monoisotopic (exact) mass is 421 g/mol. The Morgan fingerprint density at radius 3 is 2.32 bits per heavy atom. The Labute approximate surface area is 180 Å². The number of barbiturate groups is 1. The smallest absolute Gasteiger partial charge is 0.335 e. The first-order valence-corrected chi connectivity index (χ1v) is 10.3. The first-order chi connectivity index (χ1) is 14.8. The third-order valence-corrected chi connectivity index (χ3v) is 5.93. The molecule has 2 heterocycles. The van der Waals surface area contributed by atoms with Gasteiger partial charge in [-0.25, -0.2) is 14.1 Å². The maximum Gasteiger partial charge on any atom is 0.335 e. The summed E-state index contributed by atoms with van der Waals surface area (Å²) in [6, 6.07) is 7.46. The SMILES string of the molecule is Cc1ccc(N2C(=O)NC(=O)/C(=C\c3cc(F)c(N4CCCC4)cc3C)C2=O)cc1C. The third-order valence-electron chi connectivity index (χ3n) is 5.93. The van der Waals surface area contributed by atoms with Crippen LogP contribution in [0.5, 0.6) is 0 Å². The van der Waals surface area contributed by atoms with Gasteiger partial charge >= 0.3 is 6.03 Å². The fraction of sp³-hybridized carbons (Fsp3) is 0.292. The summed E-state index contributed by atoms with van der Waals surface area (Å²) < 4.78 is 14.8. The van der Waals surface area contributed by atoms with E-state index in [0.717, 1.165) is 47.5 Å². The average molecular weight is 421 g/mol. The second-order valence-corrected chi connectivity index (χ2v) is 8.08. The van der Waals surface area contributed by atoms with Crippen LogP contribution in [0.25, 0.3) is 6.08 Å². The number of urea groups is 1. The number of hydrogen-bond donors (Lipinski definition) is 1. The van der Waals surface area contributed by atoms with Gasteiger partial charge in [-0.1, -0.05) is 6.07 Å². The van der Waals surface area contributed by atoms with Crippen LogP contribution in [0.1, 0.15) is 35.1 Å². The fourth-order valence-corrected chi connectivity index (χ4v) is 3.95. The van der Waals surface area contributed by atoms with Crippen LogP contribution in [0.3, 0.4) is 0 Å². The molecule has 2 aliphatic rings. The molecule has 0 bridgehead atoms. The van der Waals surface area contributed by atoms with Gasteiger partial charge < -0.3 is 4.90 Å². The first-order valence-electron chi connectivity index (χ1n) is 10.3. The minimum Gasteiger partial charge on any atom is -0.369 e. The quantitative estimate of drug-likeness (QED) is 0.600. The highest BCUT2D eigenvalue weighted by molar-refractivity contribution is 6.39. The summed E-state index contributed by atoms with van der Waals surface area (Å²) in [4.78, 5) is 40.9. The molecule has 6 nitrogen and oxygen atoms in total. The van der Waals surface area contributed by atoms with Crippen LogP contribution in [0, 0.1) is 26.6 Å². The molecule has 7 heteroatoms. The van der Waals surface area contributed by atoms with E-state index in [0.29, 0.717) is 16.9 Å². The van der Waals surface area contributed by atoms with Crippen LogP contribution in [0.2, 0.25) is 0 Å². The average Bonchev–Trinajstić information content (AvgIpc) is 3.24. The van der Waals surface area contributed by atoms with E-state index in [4.69, 9.17) is 0 Å². The van der Waals surface area contributed by atoms with Gasteiger partial charge in [-0.05, 0) is 86.2 Å². The van der Waals surface area contributed by atoms with Crippen molar-refractivity contribution in [1.82, 2.24) is 5.32 Å². The Morgan fingerprint density at radius 2 is 1.65 bits per heavy atom. The first kappa shape index (κ1) is 20.8. The maximum atomic E-state index is 14.8. The van der Waals surface area contributed by atoms with Gasteiger partial charge in [-0.15, -0.1) is 0 Å². The topological polar surface area (TPSA) is 69.7 Å². The number of aryl methyl sites for hydroxylation is 3. The molecular formula is C24H24FN3O3. The standard InChI is InChI=1S/C24H24FN3O3/c1-14-6-7-18(10-15(14)2)28-23(30)19(22(29)26-24(28)31)12-17-13-20(25)21(11-16(17)3)27-8-4-5-9-27/h6-7,10-13H,4-5,8-9H2,1-3H3,(H,26,29,31)/b19-12+. The Bertz CT molecular complexity index is 1130. The van der Waals surface area contributed by atoms with Gasteiger partial charge in [0.05, 0.1) is 11.4 Å². The number of hydrogen-bond acceptors (Lipinski definition) is 4. The molecule has 2 aromatic rings. The van der Waals surface area contributed by atoms with Gasteiger partial charge in [-0.3, -0.25) is 14.9 Å². The third kappa shape index (κ3) is 3.83. The van der Waals surface area contributed by atoms with Crippen LogP contribution in [-0.4, -0.2) is 30.9 Å². The van der Waals surface area contributed by atoms with Gasteiger partial charge in [0.25, 0.3) is 11.8 Å². The number of imide groups is 2. The summed E-state index contributed by atoms with van der Waals surface area (Å²) in [7, 11) is 0. The van der Waals surface area contributed by atoms with Crippen molar-refractivity contribution in [3.05, 3.63) is 64.0 Å². The number of rotatable bonds is 3. The molecule has 160 valence electrons. The van der Waals surface area contributed by atoms with Gasteiger partial charge in [0.1, 0.15) is 11.4 Å². The number of nitrogens with one attached hydrogen (secondary N) is 1. The van der Waals surface area contributed by atoms with Gasteiger partial charge in [-0.2, -0.15) is 0 Å². The molecule has 0 atom stereocenters. The fourth-order valence-electron chi connectivity index (χ4n) is 3.95. The Hall–Kier alpha value is -3.48. The van der Waals surface area contributed by atoms with E-state index in [1.807, 2.05) is 31.7 Å². The molecule has 2 aliphatic heterocycles. The number of nitrogens with zero attached hydrogens (tertiary/aromatic N) is 2. The molecule has 2 fully saturated rings. The zero-order chi connectivity index (χ0) is 22.3. The van der Waals surface area contributed by atoms with Crippen molar-refractivity contribution in [3.63, 3.8) is 0 Å². The minimum atomic E-state index is -0.803. The molecule has 4 amide bonds. The van der Waals surface area contributed by atoms with E-state index >= 15 is 0 Å². The molecule has 0 aliphatic carbocycles. The molecule has 4 rings (SSSR count). The number of halogens is 1. The number of amides is 4. The lowest BCUT2D eigenvalue weighted by atomic mass is 10.0. The molecule has 31 heavy (non-hydrogen) atoms. The van der Waals surface area contributed by atoms with E-state index in [1.165, 1.54) is 12.1 Å². The van der Waals surface area contributed by atoms with Crippen molar-refractivity contribution in [1.29, 1.82) is 0 Å². The molecule has 0 saturated carbocycles. The van der Waals surface area contributed by atoms with Crippen molar-refractivity contribution in [3.8, 4) is 0 Å². The molecule has 0 radical (unpaired) electrons. The molecule has 1 N–H and O–H groups in total. The zero-order valence-corrected chi connectivity index (χ0v) is 17.8. The Kier molecular flexibility index (Phi) is 5.35. The summed E-state index contributed by atoms with van der Waals surface area (Å²) in [6.07, 6.45) is 3.41. The molecule has 0 spiro atoms. The molecule has 0 unspecified atom stereocenters. The second-order valence-electron chi connectivity index (χ2n) is 8.08. The highest BCUT2D eigenvalue weighted by Gasteiger charge is 2.37. The minimum absolute atomic E-state index is 0.214. The van der Waals surface area contributed by atoms with Crippen molar-refractivity contribution in [2.45, 2.75) is 33.6 Å². The molecule has 0 aromatic heterocycles. The van der Waals surface area contributed by atoms with Crippen LogP contribution in [0.4, 0.5) is 20.6 Å². The highest BCUT2D eigenvalue weighted by Crippen LogP contribution is 2.29. The molecule has 2 saturated heterocycles.